The van der Waals surface area contributed by atoms with Crippen LogP contribution in [0.2, 0.25) is 0 Å². The van der Waals surface area contributed by atoms with Gasteiger partial charge < -0.3 is 5.32 Å². The molecule has 1 saturated carbocycles. The average molecular weight is 593 g/mol. The third-order valence-electron chi connectivity index (χ3n) is 6.75. The van der Waals surface area contributed by atoms with Gasteiger partial charge in [-0.3, -0.25) is 14.4 Å². The Morgan fingerprint density at radius 3 is 1.89 bits per heavy atom. The van der Waals surface area contributed by atoms with Gasteiger partial charge in [0.25, 0.3) is 5.91 Å². The quantitative estimate of drug-likeness (QED) is 0.326. The van der Waals surface area contributed by atoms with Crippen molar-refractivity contribution in [1.29, 1.82) is 0 Å². The number of imide groups is 1. The Labute approximate surface area is 231 Å². The number of hydrogen-bond donors (Lipinski definition) is 1. The van der Waals surface area contributed by atoms with Crippen molar-refractivity contribution >= 4 is 98.7 Å². The van der Waals surface area contributed by atoms with Gasteiger partial charge in [0.05, 0.1) is 27.6 Å². The van der Waals surface area contributed by atoms with Crippen LogP contribution in [0.5, 0.6) is 0 Å². The van der Waals surface area contributed by atoms with Crippen molar-refractivity contribution in [2.45, 2.75) is 27.9 Å². The summed E-state index contributed by atoms with van der Waals surface area (Å²) in [5, 5.41) is 2.51. The van der Waals surface area contributed by atoms with Crippen molar-refractivity contribution in [2.24, 2.45) is 11.8 Å². The van der Waals surface area contributed by atoms with Crippen LogP contribution in [0.15, 0.2) is 52.5 Å². The lowest BCUT2D eigenvalue weighted by Crippen LogP contribution is -2.50. The zero-order chi connectivity index (χ0) is 25.7. The molecule has 5 nitrogen and oxygen atoms in total. The van der Waals surface area contributed by atoms with Gasteiger partial charge in [0.2, 0.25) is 11.8 Å². The molecule has 2 aliphatic carbocycles. The molecule has 35 heavy (non-hydrogen) atoms. The molecule has 0 radical (unpaired) electrons. The van der Waals surface area contributed by atoms with Crippen LogP contribution in [0.3, 0.4) is 0 Å². The van der Waals surface area contributed by atoms with E-state index in [9.17, 15) is 14.4 Å². The fraction of sp³-hybridized carbons (Fsp3) is 0.292. The van der Waals surface area contributed by atoms with Gasteiger partial charge in [-0.2, -0.15) is 0 Å². The number of anilines is 2. The topological polar surface area (TPSA) is 66.5 Å². The highest BCUT2D eigenvalue weighted by molar-refractivity contribution is 6.67. The highest BCUT2D eigenvalue weighted by Gasteiger charge is 2.87. The summed E-state index contributed by atoms with van der Waals surface area (Å²) in [5.74, 6) is -4.26. The molecule has 2 fully saturated rings. The summed E-state index contributed by atoms with van der Waals surface area (Å²) in [7, 11) is 0. The first-order valence-electron chi connectivity index (χ1n) is 10.5. The molecule has 3 aliphatic rings. The van der Waals surface area contributed by atoms with E-state index in [0.29, 0.717) is 5.69 Å². The van der Waals surface area contributed by atoms with Gasteiger partial charge in [-0.1, -0.05) is 58.5 Å². The molecular formula is C24H16Cl6N2O3. The first-order chi connectivity index (χ1) is 16.3. The zero-order valence-corrected chi connectivity index (χ0v) is 22.7. The number of nitrogens with zero attached hydrogens (tertiary/aromatic N) is 1. The minimum atomic E-state index is -2.00. The van der Waals surface area contributed by atoms with Crippen molar-refractivity contribution in [3.63, 3.8) is 0 Å². The predicted molar refractivity (Wildman–Crippen MR) is 140 cm³/mol. The second kappa shape index (κ2) is 8.01. The van der Waals surface area contributed by atoms with Gasteiger partial charge in [-0.25, -0.2) is 4.90 Å². The van der Waals surface area contributed by atoms with Crippen LogP contribution in [-0.4, -0.2) is 31.8 Å². The summed E-state index contributed by atoms with van der Waals surface area (Å²) in [6.07, 6.45) is 0. The molecular weight excluding hydrogens is 577 g/mol. The lowest BCUT2D eigenvalue weighted by molar-refractivity contribution is -0.123. The average Bonchev–Trinajstić information content (AvgIpc) is 3.17. The third kappa shape index (κ3) is 3.12. The van der Waals surface area contributed by atoms with Gasteiger partial charge >= 0.3 is 0 Å². The van der Waals surface area contributed by atoms with Crippen molar-refractivity contribution in [3.8, 4) is 0 Å². The number of carbonyl (C=O) groups excluding carboxylic acids is 3. The molecule has 3 amide bonds. The summed E-state index contributed by atoms with van der Waals surface area (Å²) in [6.45, 7) is 3.85. The summed E-state index contributed by atoms with van der Waals surface area (Å²) >= 11 is 39.2. The Balaban J connectivity index is 1.50. The number of fused-ring (bicyclic) bond motifs is 5. The van der Waals surface area contributed by atoms with Crippen molar-refractivity contribution in [3.05, 3.63) is 69.2 Å². The zero-order valence-electron chi connectivity index (χ0n) is 18.1. The first kappa shape index (κ1) is 25.2. The van der Waals surface area contributed by atoms with Crippen molar-refractivity contribution in [2.75, 3.05) is 10.2 Å². The molecule has 0 aromatic heterocycles. The third-order valence-corrected chi connectivity index (χ3v) is 11.0. The van der Waals surface area contributed by atoms with Crippen LogP contribution in [0.25, 0.3) is 0 Å². The first-order valence-corrected chi connectivity index (χ1v) is 12.7. The molecule has 4 atom stereocenters. The number of alkyl halides is 4. The van der Waals surface area contributed by atoms with Crippen LogP contribution < -0.4 is 10.2 Å². The normalized spacial score (nSPS) is 30.8. The van der Waals surface area contributed by atoms with E-state index in [2.05, 4.69) is 5.32 Å². The van der Waals surface area contributed by atoms with E-state index in [1.165, 1.54) is 12.1 Å². The monoisotopic (exact) mass is 590 g/mol. The smallest absolute Gasteiger partial charge is 0.255 e. The van der Waals surface area contributed by atoms with E-state index in [1.807, 2.05) is 32.0 Å². The van der Waals surface area contributed by atoms with Crippen molar-refractivity contribution in [1.82, 2.24) is 0 Å². The summed E-state index contributed by atoms with van der Waals surface area (Å²) in [4.78, 5) is 37.2. The van der Waals surface area contributed by atoms with Crippen LogP contribution in [0, 0.1) is 25.7 Å². The van der Waals surface area contributed by atoms with Gasteiger partial charge in [0.1, 0.15) is 9.75 Å². The molecule has 1 heterocycles. The molecule has 1 saturated heterocycles. The number of allylic oxidation sites excluding steroid dienone is 2. The molecule has 2 aromatic carbocycles. The molecule has 2 aromatic rings. The van der Waals surface area contributed by atoms with Crippen molar-refractivity contribution < 1.29 is 14.4 Å². The Morgan fingerprint density at radius 2 is 1.37 bits per heavy atom. The summed E-state index contributed by atoms with van der Waals surface area (Å²) in [6, 6.07) is 11.8. The number of amides is 3. The Bertz CT molecular complexity index is 1310. The van der Waals surface area contributed by atoms with Gasteiger partial charge in [0, 0.05) is 11.3 Å². The van der Waals surface area contributed by atoms with Crippen LogP contribution in [0.4, 0.5) is 11.4 Å². The fourth-order valence-corrected chi connectivity index (χ4v) is 8.21. The van der Waals surface area contributed by atoms with Gasteiger partial charge in [0.15, 0.2) is 4.33 Å². The van der Waals surface area contributed by atoms with E-state index in [-0.39, 0.29) is 21.3 Å². The molecule has 5 rings (SSSR count). The van der Waals surface area contributed by atoms with Crippen LogP contribution >= 0.6 is 69.6 Å². The minimum absolute atomic E-state index is 0.161. The standard InChI is InChI=1S/C24H16Cl6N2O3/c1-10-6-11(2)8-13(7-10)31-19(33)12-4-3-5-14(9-12)32-20(34)15-16(21(32)35)23(28)18(26)17(25)22(15,27)24(23,29)30/h3-9,15-16H,1-2H3,(H,31,33)/t15-,16+,22-,23-/m1/s1. The van der Waals surface area contributed by atoms with E-state index >= 15 is 0 Å². The molecule has 0 unspecified atom stereocenters. The SMILES string of the molecule is Cc1cc(C)cc(NC(=O)c2cccc(N3C(=O)[C@@H]4[C@H](C3=O)[C@@]3(Cl)C(Cl)=C(Cl)[C@@]4(Cl)C3(Cl)Cl)c2)c1. The highest BCUT2D eigenvalue weighted by Crippen LogP contribution is 2.77. The number of aryl methyl sites for hydroxylation is 2. The van der Waals surface area contributed by atoms with E-state index in [1.54, 1.807) is 12.1 Å². The summed E-state index contributed by atoms with van der Waals surface area (Å²) in [5.41, 5.74) is 3.02. The number of hydrogen-bond acceptors (Lipinski definition) is 3. The summed E-state index contributed by atoms with van der Waals surface area (Å²) < 4.78 is -2.00. The molecule has 0 spiro atoms. The minimum Gasteiger partial charge on any atom is -0.322 e. The van der Waals surface area contributed by atoms with Gasteiger partial charge in [-0.05, 0) is 55.3 Å². The molecule has 11 heteroatoms. The lowest BCUT2D eigenvalue weighted by atomic mass is 9.84. The Hall–Kier alpha value is -1.47. The predicted octanol–water partition coefficient (Wildman–Crippen LogP) is 6.51. The lowest BCUT2D eigenvalue weighted by Gasteiger charge is -2.34. The Morgan fingerprint density at radius 1 is 0.857 bits per heavy atom. The highest BCUT2D eigenvalue weighted by atomic mass is 35.5. The number of benzene rings is 2. The second-order valence-electron chi connectivity index (χ2n) is 8.97. The van der Waals surface area contributed by atoms with E-state index in [0.717, 1.165) is 16.0 Å². The number of halogens is 6. The molecule has 1 N–H and O–H groups in total. The van der Waals surface area contributed by atoms with Crippen LogP contribution in [-0.2, 0) is 9.59 Å². The number of nitrogens with one attached hydrogen (secondary N) is 1. The Kier molecular flexibility index (Phi) is 5.77. The molecule has 1 aliphatic heterocycles. The largest absolute Gasteiger partial charge is 0.322 e. The maximum Gasteiger partial charge on any atom is 0.255 e. The second-order valence-corrected chi connectivity index (χ2v) is 12.2. The maximum absolute atomic E-state index is 13.5. The van der Waals surface area contributed by atoms with Gasteiger partial charge in [-0.15, -0.1) is 23.2 Å². The number of carbonyl (C=O) groups is 3. The number of rotatable bonds is 3. The van der Waals surface area contributed by atoms with E-state index < -0.39 is 43.6 Å². The molecule has 2 bridgehead atoms. The fourth-order valence-electron chi connectivity index (χ4n) is 5.29. The maximum atomic E-state index is 13.5. The molecule has 182 valence electrons. The van der Waals surface area contributed by atoms with E-state index in [4.69, 9.17) is 69.6 Å². The van der Waals surface area contributed by atoms with Crippen LogP contribution in [0.1, 0.15) is 21.5 Å².